The maximum atomic E-state index is 2.55. The van der Waals surface area contributed by atoms with Gasteiger partial charge in [0, 0.05) is 21.9 Å². The first kappa shape index (κ1) is 26.9. The molecule has 1 aliphatic carbocycles. The van der Waals surface area contributed by atoms with E-state index in [1.165, 1.54) is 66.4 Å². The molecule has 0 amide bonds. The lowest BCUT2D eigenvalue weighted by Gasteiger charge is -2.35. The molecule has 1 nitrogen and oxygen atoms in total. The van der Waals surface area contributed by atoms with Gasteiger partial charge in [-0.15, -0.1) is 0 Å². The van der Waals surface area contributed by atoms with Crippen LogP contribution in [-0.4, -0.2) is 4.57 Å². The summed E-state index contributed by atoms with van der Waals surface area (Å²) in [4.78, 5) is 0. The van der Waals surface area contributed by atoms with Crippen molar-refractivity contribution in [3.63, 3.8) is 0 Å². The molecule has 1 heteroatoms. The fourth-order valence-electron chi connectivity index (χ4n) is 6.77. The Morgan fingerprint density at radius 1 is 0.575 bits per heavy atom. The molecule has 5 aromatic rings. The molecule has 40 heavy (non-hydrogen) atoms. The monoisotopic (exact) mass is 527 g/mol. The summed E-state index contributed by atoms with van der Waals surface area (Å²) >= 11 is 0. The quantitative estimate of drug-likeness (QED) is 0.204. The largest absolute Gasteiger partial charge is 0.309 e. The van der Waals surface area contributed by atoms with E-state index in [0.717, 1.165) is 0 Å². The van der Waals surface area contributed by atoms with Crippen molar-refractivity contribution in [2.75, 3.05) is 0 Å². The van der Waals surface area contributed by atoms with Crippen molar-refractivity contribution in [3.05, 3.63) is 101 Å². The minimum absolute atomic E-state index is 0.0204. The fraction of sp³-hybridized carbons (Fsp3) is 0.385. The number of hydrogen-bond donors (Lipinski definition) is 0. The van der Waals surface area contributed by atoms with Crippen LogP contribution in [0.4, 0.5) is 0 Å². The zero-order valence-corrected chi connectivity index (χ0v) is 26.4. The van der Waals surface area contributed by atoms with Gasteiger partial charge in [-0.05, 0) is 79.5 Å². The lowest BCUT2D eigenvalue weighted by molar-refractivity contribution is 0.553. The summed E-state index contributed by atoms with van der Waals surface area (Å²) in [5.74, 6) is 0. The van der Waals surface area contributed by atoms with Crippen LogP contribution < -0.4 is 0 Å². The third-order valence-corrected chi connectivity index (χ3v) is 9.19. The third-order valence-electron chi connectivity index (χ3n) is 9.19. The maximum Gasteiger partial charge on any atom is 0.0547 e. The summed E-state index contributed by atoms with van der Waals surface area (Å²) in [6.45, 7) is 25.9. The molecule has 4 aromatic carbocycles. The van der Waals surface area contributed by atoms with Gasteiger partial charge in [0.15, 0.2) is 0 Å². The molecule has 0 saturated carbocycles. The van der Waals surface area contributed by atoms with E-state index in [9.17, 15) is 0 Å². The Bertz CT molecular complexity index is 1770. The van der Waals surface area contributed by atoms with Crippen molar-refractivity contribution in [2.24, 2.45) is 0 Å². The number of nitrogens with zero attached hydrogens (tertiary/aromatic N) is 1. The van der Waals surface area contributed by atoms with Crippen molar-refractivity contribution in [3.8, 4) is 16.8 Å². The molecular weight excluding hydrogens is 482 g/mol. The summed E-state index contributed by atoms with van der Waals surface area (Å²) in [7, 11) is 0. The zero-order valence-electron chi connectivity index (χ0n) is 26.4. The van der Waals surface area contributed by atoms with Crippen molar-refractivity contribution in [2.45, 2.75) is 97.8 Å². The van der Waals surface area contributed by atoms with Crippen LogP contribution in [0.3, 0.4) is 0 Å². The summed E-state index contributed by atoms with van der Waals surface area (Å²) in [5, 5.41) is 2.79. The van der Waals surface area contributed by atoms with Crippen LogP contribution in [0.5, 0.6) is 0 Å². The van der Waals surface area contributed by atoms with Gasteiger partial charge in [0.25, 0.3) is 0 Å². The molecule has 1 aromatic heterocycles. The number of hydrogen-bond acceptors (Lipinski definition) is 0. The molecule has 0 spiro atoms. The first-order chi connectivity index (χ1) is 18.5. The Labute approximate surface area is 241 Å². The van der Waals surface area contributed by atoms with Gasteiger partial charge in [0.2, 0.25) is 0 Å². The van der Waals surface area contributed by atoms with Crippen molar-refractivity contribution in [1.82, 2.24) is 4.57 Å². The van der Waals surface area contributed by atoms with E-state index in [2.05, 4.69) is 154 Å². The Hall–Kier alpha value is -3.32. The molecule has 1 heterocycles. The van der Waals surface area contributed by atoms with Crippen molar-refractivity contribution >= 4 is 21.8 Å². The number of fused-ring (bicyclic) bond motifs is 3. The number of benzene rings is 4. The number of aromatic nitrogens is 1. The first-order valence-electron chi connectivity index (χ1n) is 14.9. The molecular formula is C39H45N. The van der Waals surface area contributed by atoms with E-state index in [-0.39, 0.29) is 21.7 Å². The van der Waals surface area contributed by atoms with Crippen molar-refractivity contribution < 1.29 is 0 Å². The van der Waals surface area contributed by atoms with E-state index in [4.69, 9.17) is 0 Å². The van der Waals surface area contributed by atoms with Crippen molar-refractivity contribution in [1.29, 1.82) is 0 Å². The minimum Gasteiger partial charge on any atom is -0.309 e. The average Bonchev–Trinajstić information content (AvgIpc) is 3.20. The Balaban J connectivity index is 1.87. The molecule has 2 bridgehead atoms. The van der Waals surface area contributed by atoms with Gasteiger partial charge in [-0.2, -0.15) is 0 Å². The molecule has 1 aliphatic rings. The SMILES string of the molecule is CC(C)(C)c1cc(-n2c3cccc4c3c3c(c(C(C)(C)C)ccc32)C(C)(C)c2cccc-4c2)cc(C(C)(C)C)c1. The van der Waals surface area contributed by atoms with Crippen LogP contribution in [0.25, 0.3) is 38.6 Å². The molecule has 0 atom stereocenters. The Morgan fingerprint density at radius 2 is 1.18 bits per heavy atom. The lowest BCUT2D eigenvalue weighted by Crippen LogP contribution is -2.26. The second-order valence-electron chi connectivity index (χ2n) is 15.6. The molecule has 6 rings (SSSR count). The molecule has 0 fully saturated rings. The minimum atomic E-state index is -0.144. The topological polar surface area (TPSA) is 4.93 Å². The Morgan fingerprint density at radius 3 is 1.77 bits per heavy atom. The van der Waals surface area contributed by atoms with E-state index in [0.29, 0.717) is 0 Å². The molecule has 0 radical (unpaired) electrons. The highest BCUT2D eigenvalue weighted by Gasteiger charge is 2.36. The highest BCUT2D eigenvalue weighted by Crippen LogP contribution is 2.50. The number of rotatable bonds is 1. The van der Waals surface area contributed by atoms with E-state index in [1.54, 1.807) is 0 Å². The van der Waals surface area contributed by atoms with Crippen LogP contribution in [0.15, 0.2) is 72.8 Å². The molecule has 0 aliphatic heterocycles. The summed E-state index contributed by atoms with van der Waals surface area (Å²) < 4.78 is 2.55. The van der Waals surface area contributed by atoms with Crippen LogP contribution >= 0.6 is 0 Å². The third kappa shape index (κ3) is 3.96. The van der Waals surface area contributed by atoms with Crippen LogP contribution in [-0.2, 0) is 21.7 Å². The standard InChI is InChI=1S/C39H45N/c1-36(2,3)26-21-27(37(4,5)6)23-28(22-26)40-31-17-13-16-29-24-14-12-15-25(20-24)39(10,11)35-30(38(7,8)9)18-19-32(40)34(35)33(29)31/h12-23H,1-11H3. The van der Waals surface area contributed by atoms with Gasteiger partial charge in [-0.1, -0.05) is 125 Å². The van der Waals surface area contributed by atoms with Gasteiger partial charge in [-0.25, -0.2) is 0 Å². The molecule has 0 unspecified atom stereocenters. The average molecular weight is 528 g/mol. The maximum absolute atomic E-state index is 2.55. The van der Waals surface area contributed by atoms with Crippen LogP contribution in [0, 0.1) is 0 Å². The highest BCUT2D eigenvalue weighted by atomic mass is 15.0. The fourth-order valence-corrected chi connectivity index (χ4v) is 6.77. The van der Waals surface area contributed by atoms with E-state index >= 15 is 0 Å². The Kier molecular flexibility index (Phi) is 5.61. The van der Waals surface area contributed by atoms with Gasteiger partial charge in [-0.3, -0.25) is 0 Å². The summed E-state index contributed by atoms with van der Waals surface area (Å²) in [6.07, 6.45) is 0. The van der Waals surface area contributed by atoms with Gasteiger partial charge < -0.3 is 4.57 Å². The zero-order chi connectivity index (χ0) is 29.0. The van der Waals surface area contributed by atoms with Gasteiger partial charge >= 0.3 is 0 Å². The molecule has 0 saturated heterocycles. The summed E-state index contributed by atoms with van der Waals surface area (Å²) in [6, 6.07) is 28.3. The highest BCUT2D eigenvalue weighted by molar-refractivity contribution is 6.18. The predicted molar refractivity (Wildman–Crippen MR) is 174 cm³/mol. The smallest absolute Gasteiger partial charge is 0.0547 e. The first-order valence-corrected chi connectivity index (χ1v) is 14.9. The van der Waals surface area contributed by atoms with Gasteiger partial charge in [0.1, 0.15) is 0 Å². The molecule has 206 valence electrons. The predicted octanol–water partition coefficient (Wildman–Crippen LogP) is 11.0. The van der Waals surface area contributed by atoms with E-state index < -0.39 is 0 Å². The lowest BCUT2D eigenvalue weighted by atomic mass is 9.68. The molecule has 0 N–H and O–H groups in total. The normalized spacial score (nSPS) is 15.1. The summed E-state index contributed by atoms with van der Waals surface area (Å²) in [5.41, 5.74) is 13.5. The van der Waals surface area contributed by atoms with Crippen LogP contribution in [0.2, 0.25) is 0 Å². The van der Waals surface area contributed by atoms with Gasteiger partial charge in [0.05, 0.1) is 11.0 Å². The second kappa shape index (κ2) is 8.35. The van der Waals surface area contributed by atoms with Crippen LogP contribution in [0.1, 0.15) is 104 Å². The van der Waals surface area contributed by atoms with E-state index in [1.807, 2.05) is 0 Å². The second-order valence-corrected chi connectivity index (χ2v) is 15.6.